The predicted molar refractivity (Wildman–Crippen MR) is 112 cm³/mol. The quantitative estimate of drug-likeness (QED) is 0.246. The van der Waals surface area contributed by atoms with Crippen molar-refractivity contribution in [2.75, 3.05) is 7.11 Å². The smallest absolute Gasteiger partial charge is 0.343 e. The molecule has 4 atom stereocenters. The maximum absolute atomic E-state index is 12.8. The fourth-order valence-corrected chi connectivity index (χ4v) is 4.69. The third-order valence-electron chi connectivity index (χ3n) is 6.21. The average Bonchev–Trinajstić information content (AvgIpc) is 3.47. The lowest BCUT2D eigenvalue weighted by Gasteiger charge is -2.13. The van der Waals surface area contributed by atoms with E-state index in [1.165, 1.54) is 6.21 Å². The third kappa shape index (κ3) is 3.22. The first-order valence-electron chi connectivity index (χ1n) is 10.1. The van der Waals surface area contributed by atoms with Crippen LogP contribution in [-0.4, -0.2) is 36.1 Å². The number of carbonyl (C=O) groups is 3. The van der Waals surface area contributed by atoms with Gasteiger partial charge in [0.05, 0.1) is 30.7 Å². The van der Waals surface area contributed by atoms with Gasteiger partial charge in [0.2, 0.25) is 0 Å². The van der Waals surface area contributed by atoms with Gasteiger partial charge in [-0.05, 0) is 54.7 Å². The van der Waals surface area contributed by atoms with Crippen molar-refractivity contribution in [2.24, 2.45) is 28.8 Å². The molecule has 156 valence electrons. The lowest BCUT2D eigenvalue weighted by Crippen LogP contribution is -2.28. The standard InChI is InChI=1S/C24H20N2O5/c1-30-18-10-8-14(9-11-18)24(29)31-19-5-3-2-4-17(19)13-25-26-22(27)20-15-6-7-16(12-15)21(20)23(26)28/h2-11,13,15-16,20-21H,12H2,1H3/t15-,16-,20-,21+/m0/s1. The highest BCUT2D eigenvalue weighted by atomic mass is 16.5. The maximum atomic E-state index is 12.8. The SMILES string of the molecule is COc1ccc(C(=O)Oc2ccccc2C=NN2C(=O)[C@@H]3[C@H](C2=O)[C@H]2C=C[C@H]3C2)cc1. The van der Waals surface area contributed by atoms with Crippen molar-refractivity contribution in [2.45, 2.75) is 6.42 Å². The minimum atomic E-state index is -0.533. The summed E-state index contributed by atoms with van der Waals surface area (Å²) in [5.41, 5.74) is 0.858. The molecule has 31 heavy (non-hydrogen) atoms. The number of carbonyl (C=O) groups excluding carboxylic acids is 3. The van der Waals surface area contributed by atoms with Crippen LogP contribution in [0.1, 0.15) is 22.3 Å². The molecule has 0 spiro atoms. The first kappa shape index (κ1) is 19.2. The molecule has 2 aromatic rings. The summed E-state index contributed by atoms with van der Waals surface area (Å²) in [4.78, 5) is 38.0. The van der Waals surface area contributed by atoms with Gasteiger partial charge in [0.15, 0.2) is 0 Å². The molecule has 0 unspecified atom stereocenters. The topological polar surface area (TPSA) is 85.3 Å². The maximum Gasteiger partial charge on any atom is 0.343 e. The van der Waals surface area contributed by atoms with E-state index in [2.05, 4.69) is 5.10 Å². The average molecular weight is 416 g/mol. The number of benzene rings is 2. The summed E-state index contributed by atoms with van der Waals surface area (Å²) in [5, 5.41) is 5.15. The number of esters is 1. The molecule has 7 heteroatoms. The number of hydrogen-bond donors (Lipinski definition) is 0. The Hall–Kier alpha value is -3.74. The van der Waals surface area contributed by atoms with Crippen molar-refractivity contribution in [3.8, 4) is 11.5 Å². The summed E-state index contributed by atoms with van der Waals surface area (Å²) in [6.45, 7) is 0. The molecule has 1 heterocycles. The fourth-order valence-electron chi connectivity index (χ4n) is 4.69. The van der Waals surface area contributed by atoms with Gasteiger partial charge in [-0.2, -0.15) is 10.1 Å². The molecule has 0 radical (unpaired) electrons. The molecule has 1 aliphatic heterocycles. The molecule has 2 amide bonds. The van der Waals surface area contributed by atoms with Crippen LogP contribution >= 0.6 is 0 Å². The van der Waals surface area contributed by atoms with Gasteiger partial charge in [0.1, 0.15) is 11.5 Å². The number of ether oxygens (including phenoxy) is 2. The Balaban J connectivity index is 1.34. The molecule has 0 aromatic heterocycles. The van der Waals surface area contributed by atoms with E-state index in [9.17, 15) is 14.4 Å². The van der Waals surface area contributed by atoms with E-state index >= 15 is 0 Å². The van der Waals surface area contributed by atoms with Gasteiger partial charge in [-0.3, -0.25) is 9.59 Å². The Morgan fingerprint density at radius 3 is 2.29 bits per heavy atom. The van der Waals surface area contributed by atoms with Gasteiger partial charge in [-0.25, -0.2) is 4.79 Å². The van der Waals surface area contributed by atoms with Crippen LogP contribution in [0.4, 0.5) is 0 Å². The molecule has 1 saturated carbocycles. The molecule has 2 fully saturated rings. The lowest BCUT2D eigenvalue weighted by molar-refractivity contribution is -0.140. The van der Waals surface area contributed by atoms with E-state index in [1.54, 1.807) is 55.6 Å². The van der Waals surface area contributed by atoms with Gasteiger partial charge in [0.25, 0.3) is 11.8 Å². The van der Waals surface area contributed by atoms with Gasteiger partial charge >= 0.3 is 5.97 Å². The Bertz CT molecular complexity index is 1090. The van der Waals surface area contributed by atoms with Gasteiger partial charge < -0.3 is 9.47 Å². The molecule has 5 rings (SSSR count). The number of para-hydroxylation sites is 1. The van der Waals surface area contributed by atoms with E-state index in [1.807, 2.05) is 12.2 Å². The van der Waals surface area contributed by atoms with E-state index in [0.717, 1.165) is 11.4 Å². The number of hydrogen-bond acceptors (Lipinski definition) is 6. The predicted octanol–water partition coefficient (Wildman–Crippen LogP) is 3.06. The number of allylic oxidation sites excluding steroid dienone is 2. The van der Waals surface area contributed by atoms with Crippen molar-refractivity contribution < 1.29 is 23.9 Å². The van der Waals surface area contributed by atoms with E-state index in [4.69, 9.17) is 9.47 Å². The van der Waals surface area contributed by atoms with Crippen LogP contribution in [-0.2, 0) is 9.59 Å². The third-order valence-corrected chi connectivity index (χ3v) is 6.21. The number of rotatable bonds is 5. The van der Waals surface area contributed by atoms with E-state index in [-0.39, 0.29) is 41.2 Å². The zero-order valence-electron chi connectivity index (χ0n) is 16.8. The second-order valence-corrected chi connectivity index (χ2v) is 7.89. The van der Waals surface area contributed by atoms with Crippen molar-refractivity contribution in [1.29, 1.82) is 0 Å². The highest BCUT2D eigenvalue weighted by Gasteiger charge is 2.59. The van der Waals surface area contributed by atoms with Gasteiger partial charge in [-0.15, -0.1) is 0 Å². The Kier molecular flexibility index (Phi) is 4.66. The summed E-state index contributed by atoms with van der Waals surface area (Å²) in [5.74, 6) is -0.467. The van der Waals surface area contributed by atoms with Crippen molar-refractivity contribution in [3.63, 3.8) is 0 Å². The lowest BCUT2D eigenvalue weighted by atomic mass is 9.85. The highest BCUT2D eigenvalue weighted by Crippen LogP contribution is 2.52. The largest absolute Gasteiger partial charge is 0.497 e. The van der Waals surface area contributed by atoms with Gasteiger partial charge in [-0.1, -0.05) is 24.3 Å². The van der Waals surface area contributed by atoms with E-state index < -0.39 is 5.97 Å². The summed E-state index contributed by atoms with van der Waals surface area (Å²) in [6.07, 6.45) is 6.34. The number of amides is 2. The number of fused-ring (bicyclic) bond motifs is 5. The molecule has 1 saturated heterocycles. The number of nitrogens with zero attached hydrogens (tertiary/aromatic N) is 2. The second kappa shape index (κ2) is 7.50. The number of imide groups is 1. The molecular formula is C24H20N2O5. The second-order valence-electron chi connectivity index (χ2n) is 7.89. The van der Waals surface area contributed by atoms with Crippen LogP contribution < -0.4 is 9.47 Å². The molecule has 2 aliphatic carbocycles. The summed E-state index contributed by atoms with van der Waals surface area (Å²) in [7, 11) is 1.55. The van der Waals surface area contributed by atoms with Crippen LogP contribution in [0.5, 0.6) is 11.5 Å². The minimum Gasteiger partial charge on any atom is -0.497 e. The normalized spacial score (nSPS) is 26.0. The number of methoxy groups -OCH3 is 1. The van der Waals surface area contributed by atoms with Crippen LogP contribution in [0.15, 0.2) is 65.8 Å². The zero-order chi connectivity index (χ0) is 21.5. The highest BCUT2D eigenvalue weighted by molar-refractivity contribution is 6.07. The Morgan fingerprint density at radius 1 is 1.00 bits per heavy atom. The zero-order valence-corrected chi connectivity index (χ0v) is 16.8. The number of hydrazone groups is 1. The fraction of sp³-hybridized carbons (Fsp3) is 0.250. The molecule has 2 aromatic carbocycles. The molecular weight excluding hydrogens is 396 g/mol. The molecule has 3 aliphatic rings. The van der Waals surface area contributed by atoms with Gasteiger partial charge in [0, 0.05) is 5.56 Å². The van der Waals surface area contributed by atoms with E-state index in [0.29, 0.717) is 16.9 Å². The van der Waals surface area contributed by atoms with Crippen molar-refractivity contribution in [3.05, 3.63) is 71.8 Å². The van der Waals surface area contributed by atoms with Crippen LogP contribution in [0, 0.1) is 23.7 Å². The van der Waals surface area contributed by atoms with Crippen LogP contribution in [0.3, 0.4) is 0 Å². The Morgan fingerprint density at radius 2 is 1.65 bits per heavy atom. The first-order valence-corrected chi connectivity index (χ1v) is 10.1. The van der Waals surface area contributed by atoms with Crippen molar-refractivity contribution in [1.82, 2.24) is 5.01 Å². The van der Waals surface area contributed by atoms with Crippen LogP contribution in [0.25, 0.3) is 0 Å². The first-order chi connectivity index (χ1) is 15.1. The molecule has 0 N–H and O–H groups in total. The molecule has 7 nitrogen and oxygen atoms in total. The van der Waals surface area contributed by atoms with Crippen molar-refractivity contribution >= 4 is 24.0 Å². The monoisotopic (exact) mass is 416 g/mol. The minimum absolute atomic E-state index is 0.129. The summed E-state index contributed by atoms with van der Waals surface area (Å²) in [6, 6.07) is 13.4. The Labute approximate surface area is 178 Å². The molecule has 2 bridgehead atoms. The summed E-state index contributed by atoms with van der Waals surface area (Å²) < 4.78 is 10.6. The van der Waals surface area contributed by atoms with Crippen LogP contribution in [0.2, 0.25) is 0 Å². The summed E-state index contributed by atoms with van der Waals surface area (Å²) >= 11 is 0.